The largest absolute Gasteiger partial charge is 0.347 e. The van der Waals surface area contributed by atoms with Crippen LogP contribution in [0.5, 0.6) is 0 Å². The summed E-state index contributed by atoms with van der Waals surface area (Å²) in [4.78, 5) is 12.5. The molecule has 0 saturated carbocycles. The van der Waals surface area contributed by atoms with Gasteiger partial charge in [0.25, 0.3) is 10.0 Å². The lowest BCUT2D eigenvalue weighted by molar-refractivity contribution is -0.116. The molecule has 3 aromatic carbocycles. The van der Waals surface area contributed by atoms with Crippen LogP contribution in [-0.4, -0.2) is 18.9 Å². The van der Waals surface area contributed by atoms with Gasteiger partial charge in [0.1, 0.15) is 0 Å². The van der Waals surface area contributed by atoms with Crippen molar-refractivity contribution in [3.8, 4) is 0 Å². The summed E-state index contributed by atoms with van der Waals surface area (Å²) in [5, 5.41) is 4.19. The number of benzene rings is 3. The van der Waals surface area contributed by atoms with Crippen LogP contribution in [0, 0.1) is 0 Å². The van der Waals surface area contributed by atoms with Crippen LogP contribution >= 0.6 is 11.6 Å². The maximum atomic E-state index is 12.7. The summed E-state index contributed by atoms with van der Waals surface area (Å²) in [5.41, 5.74) is 1.76. The van der Waals surface area contributed by atoms with Crippen LogP contribution in [0.4, 0.5) is 11.4 Å². The smallest absolute Gasteiger partial charge is 0.262 e. The number of fused-ring (bicyclic) bond motifs is 1. The fourth-order valence-corrected chi connectivity index (χ4v) is 4.63. The number of sulfonamides is 1. The van der Waals surface area contributed by atoms with Crippen molar-refractivity contribution in [1.82, 2.24) is 4.57 Å². The molecule has 1 aromatic heterocycles. The van der Waals surface area contributed by atoms with Gasteiger partial charge in [0.2, 0.25) is 5.91 Å². The molecule has 158 valence electrons. The van der Waals surface area contributed by atoms with E-state index in [2.05, 4.69) is 10.0 Å². The van der Waals surface area contributed by atoms with Gasteiger partial charge in [0.05, 0.1) is 15.6 Å². The summed E-state index contributed by atoms with van der Waals surface area (Å²) < 4.78 is 29.9. The van der Waals surface area contributed by atoms with Crippen molar-refractivity contribution in [3.63, 3.8) is 0 Å². The fourth-order valence-electron chi connectivity index (χ4n) is 3.27. The second kappa shape index (κ2) is 8.83. The number of nitrogens with zero attached hydrogens (tertiary/aromatic N) is 1. The molecule has 4 rings (SSSR count). The first-order valence-electron chi connectivity index (χ1n) is 9.63. The van der Waals surface area contributed by atoms with E-state index in [9.17, 15) is 13.2 Å². The number of amides is 1. The lowest BCUT2D eigenvalue weighted by Gasteiger charge is -2.11. The third-order valence-electron chi connectivity index (χ3n) is 4.81. The van der Waals surface area contributed by atoms with E-state index in [0.717, 1.165) is 10.9 Å². The average Bonchev–Trinajstić information content (AvgIpc) is 3.17. The first-order valence-corrected chi connectivity index (χ1v) is 11.5. The highest BCUT2D eigenvalue weighted by atomic mass is 35.5. The number of rotatable bonds is 7. The number of carbonyl (C=O) groups excluding carboxylic acids is 1. The van der Waals surface area contributed by atoms with E-state index in [0.29, 0.717) is 17.3 Å². The summed E-state index contributed by atoms with van der Waals surface area (Å²) in [5.74, 6) is -0.202. The number of hydrogen-bond acceptors (Lipinski definition) is 3. The van der Waals surface area contributed by atoms with Crippen molar-refractivity contribution in [2.45, 2.75) is 17.9 Å². The molecule has 1 heterocycles. The van der Waals surface area contributed by atoms with Crippen LogP contribution in [0.1, 0.15) is 6.42 Å². The summed E-state index contributed by atoms with van der Waals surface area (Å²) >= 11 is 6.05. The topological polar surface area (TPSA) is 80.2 Å². The fraction of sp³-hybridized carbons (Fsp3) is 0.0870. The maximum absolute atomic E-state index is 12.7. The minimum atomic E-state index is -3.86. The Hall–Kier alpha value is -3.29. The first kappa shape index (κ1) is 21.0. The summed E-state index contributed by atoms with van der Waals surface area (Å²) in [6, 6.07) is 22.7. The predicted molar refractivity (Wildman–Crippen MR) is 124 cm³/mol. The van der Waals surface area contributed by atoms with Crippen molar-refractivity contribution in [1.29, 1.82) is 0 Å². The second-order valence-electron chi connectivity index (χ2n) is 6.98. The molecule has 31 heavy (non-hydrogen) atoms. The number of para-hydroxylation sites is 2. The molecule has 0 saturated heterocycles. The minimum absolute atomic E-state index is 0.0293. The zero-order valence-electron chi connectivity index (χ0n) is 16.5. The van der Waals surface area contributed by atoms with Gasteiger partial charge in [-0.05, 0) is 47.9 Å². The highest BCUT2D eigenvalue weighted by Gasteiger charge is 2.16. The zero-order valence-corrected chi connectivity index (χ0v) is 18.0. The molecule has 0 fully saturated rings. The van der Waals surface area contributed by atoms with E-state index in [-0.39, 0.29) is 22.9 Å². The monoisotopic (exact) mass is 453 g/mol. The van der Waals surface area contributed by atoms with E-state index in [1.54, 1.807) is 36.4 Å². The molecule has 1 amide bonds. The molecule has 0 unspecified atom stereocenters. The normalized spacial score (nSPS) is 11.4. The number of hydrogen-bond donors (Lipinski definition) is 2. The molecule has 0 aliphatic carbocycles. The maximum Gasteiger partial charge on any atom is 0.262 e. The Bertz CT molecular complexity index is 1350. The van der Waals surface area contributed by atoms with Crippen LogP contribution in [0.25, 0.3) is 10.9 Å². The first-order chi connectivity index (χ1) is 14.9. The quantitative estimate of drug-likeness (QED) is 0.407. The molecular formula is C23H20ClN3O3S. The lowest BCUT2D eigenvalue weighted by Crippen LogP contribution is -2.16. The standard InChI is InChI=1S/C23H20ClN3O3S/c24-20-9-2-3-10-21(20)26-31(29,30)19-8-5-7-18(16-19)25-23(28)13-15-27-14-12-17-6-1-4-11-22(17)27/h1-12,14,16,26H,13,15H2,(H,25,28). The minimum Gasteiger partial charge on any atom is -0.347 e. The zero-order chi connectivity index (χ0) is 21.8. The Morgan fingerprint density at radius 2 is 1.71 bits per heavy atom. The second-order valence-corrected chi connectivity index (χ2v) is 9.07. The van der Waals surface area contributed by atoms with E-state index < -0.39 is 10.0 Å². The van der Waals surface area contributed by atoms with E-state index in [4.69, 9.17) is 11.6 Å². The Labute approximate surface area is 185 Å². The van der Waals surface area contributed by atoms with Crippen LogP contribution in [0.3, 0.4) is 0 Å². The van der Waals surface area contributed by atoms with Gasteiger partial charge in [0.15, 0.2) is 0 Å². The molecule has 0 aliphatic heterocycles. The average molecular weight is 454 g/mol. The van der Waals surface area contributed by atoms with Crippen LogP contribution in [0.2, 0.25) is 5.02 Å². The SMILES string of the molecule is O=C(CCn1ccc2ccccc21)Nc1cccc(S(=O)(=O)Nc2ccccc2Cl)c1. The molecule has 8 heteroatoms. The summed E-state index contributed by atoms with van der Waals surface area (Å²) in [7, 11) is -3.86. The number of aryl methyl sites for hydroxylation is 1. The van der Waals surface area contributed by atoms with Crippen LogP contribution < -0.4 is 10.0 Å². The Balaban J connectivity index is 1.43. The van der Waals surface area contributed by atoms with Crippen molar-refractivity contribution in [2.75, 3.05) is 10.0 Å². The highest BCUT2D eigenvalue weighted by molar-refractivity contribution is 7.92. The van der Waals surface area contributed by atoms with Gasteiger partial charge in [-0.15, -0.1) is 0 Å². The number of aromatic nitrogens is 1. The van der Waals surface area contributed by atoms with Gasteiger partial charge in [0, 0.05) is 30.4 Å². The molecule has 2 N–H and O–H groups in total. The Kier molecular flexibility index (Phi) is 5.97. The van der Waals surface area contributed by atoms with Crippen molar-refractivity contribution < 1.29 is 13.2 Å². The van der Waals surface area contributed by atoms with Crippen molar-refractivity contribution in [2.24, 2.45) is 0 Å². The lowest BCUT2D eigenvalue weighted by atomic mass is 10.2. The Morgan fingerprint density at radius 3 is 2.55 bits per heavy atom. The molecule has 0 bridgehead atoms. The molecule has 4 aromatic rings. The van der Waals surface area contributed by atoms with E-state index >= 15 is 0 Å². The van der Waals surface area contributed by atoms with E-state index in [1.165, 1.54) is 12.1 Å². The molecule has 6 nitrogen and oxygen atoms in total. The van der Waals surface area contributed by atoms with Crippen LogP contribution in [-0.2, 0) is 21.4 Å². The predicted octanol–water partition coefficient (Wildman–Crippen LogP) is 5.12. The Morgan fingerprint density at radius 1 is 0.935 bits per heavy atom. The summed E-state index contributed by atoms with van der Waals surface area (Å²) in [6.07, 6.45) is 2.21. The number of halogens is 1. The molecule has 0 spiro atoms. The van der Waals surface area contributed by atoms with Gasteiger partial charge in [-0.1, -0.05) is 48.0 Å². The van der Waals surface area contributed by atoms with Gasteiger partial charge in [-0.3, -0.25) is 9.52 Å². The third kappa shape index (κ3) is 4.90. The molecule has 0 radical (unpaired) electrons. The van der Waals surface area contributed by atoms with Gasteiger partial charge >= 0.3 is 0 Å². The molecular weight excluding hydrogens is 434 g/mol. The van der Waals surface area contributed by atoms with E-state index in [1.807, 2.05) is 41.1 Å². The number of nitrogens with one attached hydrogen (secondary N) is 2. The number of anilines is 2. The molecule has 0 atom stereocenters. The summed E-state index contributed by atoms with van der Waals surface area (Å²) in [6.45, 7) is 0.519. The third-order valence-corrected chi connectivity index (χ3v) is 6.50. The van der Waals surface area contributed by atoms with Gasteiger partial charge in [-0.25, -0.2) is 8.42 Å². The van der Waals surface area contributed by atoms with Gasteiger partial charge < -0.3 is 9.88 Å². The van der Waals surface area contributed by atoms with Crippen molar-refractivity contribution >= 4 is 49.8 Å². The van der Waals surface area contributed by atoms with Crippen LogP contribution in [0.15, 0.2) is 90.0 Å². The molecule has 0 aliphatic rings. The van der Waals surface area contributed by atoms with Gasteiger partial charge in [-0.2, -0.15) is 0 Å². The number of carbonyl (C=O) groups is 1. The van der Waals surface area contributed by atoms with Crippen molar-refractivity contribution in [3.05, 3.63) is 90.1 Å². The highest BCUT2D eigenvalue weighted by Crippen LogP contribution is 2.25.